The van der Waals surface area contributed by atoms with Crippen molar-refractivity contribution >= 4 is 24.7 Å². The van der Waals surface area contributed by atoms with E-state index in [4.69, 9.17) is 0 Å². The normalized spacial score (nSPS) is 11.2. The molecule has 0 atom stereocenters. The Balaban J connectivity index is 0.000000494. The Bertz CT molecular complexity index is 400. The molecule has 100 valence electrons. The van der Waals surface area contributed by atoms with Gasteiger partial charge in [0.25, 0.3) is 0 Å². The molecule has 0 N–H and O–H groups in total. The zero-order valence-corrected chi connectivity index (χ0v) is 10.5. The van der Waals surface area contributed by atoms with Crippen LogP contribution in [0.1, 0.15) is 24.2 Å². The number of carbonyl (C=O) groups is 1. The third-order valence-corrected chi connectivity index (χ3v) is 2.39. The lowest BCUT2D eigenvalue weighted by atomic mass is 10.0. The van der Waals surface area contributed by atoms with Gasteiger partial charge in [0.2, 0.25) is 5.78 Å². The van der Waals surface area contributed by atoms with E-state index < -0.39 is 12.0 Å². The minimum absolute atomic E-state index is 0.117. The maximum atomic E-state index is 11.7. The Labute approximate surface area is 106 Å². The van der Waals surface area contributed by atoms with Crippen molar-refractivity contribution in [2.24, 2.45) is 0 Å². The van der Waals surface area contributed by atoms with Crippen molar-refractivity contribution in [1.82, 2.24) is 0 Å². The molecule has 2 nitrogen and oxygen atoms in total. The van der Waals surface area contributed by atoms with Gasteiger partial charge in [-0.15, -0.1) is 0 Å². The van der Waals surface area contributed by atoms with Crippen LogP contribution >= 0.6 is 0 Å². The average molecular weight is 282 g/mol. The Hall–Kier alpha value is -1.31. The second-order valence-electron chi connectivity index (χ2n) is 3.78. The predicted molar refractivity (Wildman–Crippen MR) is 63.1 cm³/mol. The van der Waals surface area contributed by atoms with Crippen molar-refractivity contribution < 1.29 is 26.3 Å². The predicted octanol–water partition coefficient (Wildman–Crippen LogP) is 3.38. The van der Waals surface area contributed by atoms with E-state index in [2.05, 4.69) is 0 Å². The van der Waals surface area contributed by atoms with Crippen LogP contribution in [-0.2, 0) is 15.9 Å². The Morgan fingerprint density at radius 2 is 1.50 bits per heavy atom. The highest BCUT2D eigenvalue weighted by atomic mass is 32.1. The van der Waals surface area contributed by atoms with Crippen LogP contribution < -0.4 is 0 Å². The molecule has 8 heteroatoms. The first-order valence-electron chi connectivity index (χ1n) is 4.86. The molecule has 0 spiro atoms. The Morgan fingerprint density at radius 3 is 1.83 bits per heavy atom. The number of carbonyl (C=O) groups excluding carboxylic acids is 1. The van der Waals surface area contributed by atoms with E-state index >= 15 is 0 Å². The van der Waals surface area contributed by atoms with Crippen molar-refractivity contribution in [3.63, 3.8) is 0 Å². The molecule has 0 bridgehead atoms. The van der Waals surface area contributed by atoms with E-state index in [1.54, 1.807) is 38.1 Å². The standard InChI is InChI=1S/C10H11O2S.BF4/c1-10(2,13-12)9(11)8-6-4-3-5-7-8;2-1(3,4)5/h3-7H,1-2H3;/q+1;-1. The lowest BCUT2D eigenvalue weighted by Crippen LogP contribution is -2.30. The fraction of sp³-hybridized carbons (Fsp3) is 0.300. The molecular formula is C10H11BF4O2S. The van der Waals surface area contributed by atoms with E-state index in [-0.39, 0.29) is 5.78 Å². The van der Waals surface area contributed by atoms with Crippen LogP contribution in [0.5, 0.6) is 0 Å². The summed E-state index contributed by atoms with van der Waals surface area (Å²) in [6.07, 6.45) is 0. The highest BCUT2D eigenvalue weighted by Gasteiger charge is 2.42. The lowest BCUT2D eigenvalue weighted by molar-refractivity contribution is 0.0957. The molecule has 0 aliphatic carbocycles. The molecule has 0 radical (unpaired) electrons. The number of hydrogen-bond acceptors (Lipinski definition) is 2. The van der Waals surface area contributed by atoms with E-state index in [9.17, 15) is 26.3 Å². The summed E-state index contributed by atoms with van der Waals surface area (Å²) in [6, 6.07) is 8.87. The molecule has 0 unspecified atom stereocenters. The van der Waals surface area contributed by atoms with Crippen molar-refractivity contribution in [3.05, 3.63) is 35.9 Å². The van der Waals surface area contributed by atoms with Gasteiger partial charge in [-0.1, -0.05) is 30.3 Å². The third-order valence-electron chi connectivity index (χ3n) is 1.79. The van der Waals surface area contributed by atoms with Gasteiger partial charge < -0.3 is 17.3 Å². The second kappa shape index (κ2) is 6.58. The number of rotatable bonds is 3. The van der Waals surface area contributed by atoms with Gasteiger partial charge in [0.1, 0.15) is 0 Å². The quantitative estimate of drug-likeness (QED) is 0.368. The summed E-state index contributed by atoms with van der Waals surface area (Å²) in [5, 5.41) is 0. The second-order valence-corrected chi connectivity index (χ2v) is 4.97. The van der Waals surface area contributed by atoms with Gasteiger partial charge >= 0.3 is 23.7 Å². The molecule has 1 aromatic rings. The molecule has 1 aromatic carbocycles. The van der Waals surface area contributed by atoms with Gasteiger partial charge in [-0.05, 0) is 0 Å². The zero-order chi connectivity index (χ0) is 14.4. The highest BCUT2D eigenvalue weighted by molar-refractivity contribution is 7.68. The van der Waals surface area contributed by atoms with E-state index in [0.29, 0.717) is 17.2 Å². The average Bonchev–Trinajstić information content (AvgIpc) is 2.27. The molecule has 0 aromatic heterocycles. The van der Waals surface area contributed by atoms with Crippen LogP contribution in [0.25, 0.3) is 0 Å². The highest BCUT2D eigenvalue weighted by Crippen LogP contribution is 2.14. The maximum absolute atomic E-state index is 11.7. The third kappa shape index (κ3) is 7.11. The number of ketones is 1. The van der Waals surface area contributed by atoms with E-state index in [0.717, 1.165) is 0 Å². The number of Topliss-reactive ketones (excluding diaryl/α,β-unsaturated/α-hetero) is 1. The van der Waals surface area contributed by atoms with Gasteiger partial charge in [0.15, 0.2) is 0 Å². The van der Waals surface area contributed by atoms with Crippen LogP contribution in [-0.4, -0.2) is 17.8 Å². The van der Waals surface area contributed by atoms with Gasteiger partial charge in [-0.3, -0.25) is 4.79 Å². The van der Waals surface area contributed by atoms with Crippen molar-refractivity contribution in [1.29, 1.82) is 0 Å². The molecule has 0 aliphatic heterocycles. The minimum atomic E-state index is -6.00. The molecule has 0 amide bonds. The fourth-order valence-electron chi connectivity index (χ4n) is 0.975. The molecule has 0 heterocycles. The summed E-state index contributed by atoms with van der Waals surface area (Å²) in [5.74, 6) is -0.117. The summed E-state index contributed by atoms with van der Waals surface area (Å²) >= 11 is 0.330. The van der Waals surface area contributed by atoms with Gasteiger partial charge in [0, 0.05) is 23.6 Å². The SMILES string of the molecule is CC(C)([S+]=O)C(=O)c1ccccc1.F[B-](F)(F)F. The molecule has 0 saturated heterocycles. The van der Waals surface area contributed by atoms with Crippen LogP contribution in [0.3, 0.4) is 0 Å². The molecular weight excluding hydrogens is 271 g/mol. The van der Waals surface area contributed by atoms with Gasteiger partial charge in [-0.25, -0.2) is 0 Å². The van der Waals surface area contributed by atoms with Crippen LogP contribution in [0.2, 0.25) is 0 Å². The first-order valence-corrected chi connectivity index (χ1v) is 5.60. The summed E-state index contributed by atoms with van der Waals surface area (Å²) in [6.45, 7) is 3.28. The summed E-state index contributed by atoms with van der Waals surface area (Å²) in [5.41, 5.74) is 0.593. The Morgan fingerprint density at radius 1 is 1.11 bits per heavy atom. The van der Waals surface area contributed by atoms with Crippen molar-refractivity contribution in [2.45, 2.75) is 18.6 Å². The van der Waals surface area contributed by atoms with Gasteiger partial charge in [0.05, 0.1) is 0 Å². The van der Waals surface area contributed by atoms with E-state index in [1.165, 1.54) is 0 Å². The summed E-state index contributed by atoms with van der Waals surface area (Å²) in [7, 11) is -6.00. The summed E-state index contributed by atoms with van der Waals surface area (Å²) in [4.78, 5) is 11.7. The zero-order valence-electron chi connectivity index (χ0n) is 9.70. The van der Waals surface area contributed by atoms with Crippen LogP contribution in [0.4, 0.5) is 17.3 Å². The maximum Gasteiger partial charge on any atom is 0.673 e. The van der Waals surface area contributed by atoms with E-state index in [1.807, 2.05) is 6.07 Å². The first kappa shape index (κ1) is 16.7. The number of hydrogen-bond donors (Lipinski definition) is 0. The monoisotopic (exact) mass is 282 g/mol. The largest absolute Gasteiger partial charge is 0.673 e. The fourth-order valence-corrected chi connectivity index (χ4v) is 1.17. The van der Waals surface area contributed by atoms with Crippen molar-refractivity contribution in [2.75, 3.05) is 0 Å². The van der Waals surface area contributed by atoms with Crippen LogP contribution in [0.15, 0.2) is 30.3 Å². The molecule has 1 rings (SSSR count). The van der Waals surface area contributed by atoms with Crippen LogP contribution in [0, 0.1) is 0 Å². The summed E-state index contributed by atoms with van der Waals surface area (Å²) < 4.78 is 48.8. The topological polar surface area (TPSA) is 34.1 Å². The minimum Gasteiger partial charge on any atom is -0.418 e. The number of halogens is 4. The molecule has 0 aliphatic rings. The van der Waals surface area contributed by atoms with Gasteiger partial charge in [-0.2, -0.15) is 0 Å². The molecule has 0 fully saturated rings. The molecule has 18 heavy (non-hydrogen) atoms. The first-order chi connectivity index (χ1) is 8.08. The number of benzene rings is 1. The smallest absolute Gasteiger partial charge is 0.418 e. The molecule has 0 saturated carbocycles. The Kier molecular flexibility index (Phi) is 6.10. The van der Waals surface area contributed by atoms with Crippen molar-refractivity contribution in [3.8, 4) is 0 Å². The lowest BCUT2D eigenvalue weighted by Gasteiger charge is -2.03.